The van der Waals surface area contributed by atoms with Crippen LogP contribution in [0.3, 0.4) is 0 Å². The molecule has 0 radical (unpaired) electrons. The number of phenols is 1. The van der Waals surface area contributed by atoms with Gasteiger partial charge in [0, 0.05) is 18.0 Å². The molecule has 0 heterocycles. The van der Waals surface area contributed by atoms with Gasteiger partial charge >= 0.3 is 0 Å². The molecular weight excluding hydrogens is 298 g/mol. The van der Waals surface area contributed by atoms with E-state index in [1.165, 1.54) is 12.1 Å². The molecule has 2 aromatic carbocycles. The summed E-state index contributed by atoms with van der Waals surface area (Å²) in [5, 5.41) is 9.76. The summed E-state index contributed by atoms with van der Waals surface area (Å²) in [6.07, 6.45) is 0. The maximum atomic E-state index is 11.9. The molecule has 106 valence electrons. The second-order valence-electron chi connectivity index (χ2n) is 4.13. The van der Waals surface area contributed by atoms with Gasteiger partial charge in [0.1, 0.15) is 5.75 Å². The zero-order chi connectivity index (χ0) is 14.6. The lowest BCUT2D eigenvalue weighted by Gasteiger charge is -2.07. The maximum absolute atomic E-state index is 11.9. The first-order valence-corrected chi connectivity index (χ1v) is 8.00. The van der Waals surface area contributed by atoms with E-state index in [0.717, 1.165) is 5.56 Å². The predicted octanol–water partition coefficient (Wildman–Crippen LogP) is 2.58. The number of hydrogen-bond acceptors (Lipinski definition) is 3. The topological polar surface area (TPSA) is 66.4 Å². The monoisotopic (exact) mass is 311 g/mol. The fourth-order valence-electron chi connectivity index (χ4n) is 1.79. The highest BCUT2D eigenvalue weighted by molar-refractivity contribution is 7.89. The summed E-state index contributed by atoms with van der Waals surface area (Å²) in [4.78, 5) is 0.168. The highest BCUT2D eigenvalue weighted by Gasteiger charge is 2.13. The lowest BCUT2D eigenvalue weighted by Crippen LogP contribution is -2.25. The standard InChI is InChI=1S/C14H14ClNO3S/c15-9-10-16-20(18,19)12-7-5-11(6-8-12)13-3-1-2-4-14(13)17/h1-8,16-17H,9-10H2. The first kappa shape index (κ1) is 14.8. The molecule has 0 saturated carbocycles. The third kappa shape index (κ3) is 3.30. The average molecular weight is 312 g/mol. The molecular formula is C14H14ClNO3S. The number of rotatable bonds is 5. The van der Waals surface area contributed by atoms with Gasteiger partial charge in [0.05, 0.1) is 4.90 Å². The third-order valence-corrected chi connectivity index (χ3v) is 4.43. The molecule has 6 heteroatoms. The highest BCUT2D eigenvalue weighted by atomic mass is 35.5. The van der Waals surface area contributed by atoms with Crippen LogP contribution < -0.4 is 4.72 Å². The molecule has 20 heavy (non-hydrogen) atoms. The summed E-state index contributed by atoms with van der Waals surface area (Å²) < 4.78 is 26.2. The van der Waals surface area contributed by atoms with Gasteiger partial charge in [-0.2, -0.15) is 0 Å². The van der Waals surface area contributed by atoms with Crippen molar-refractivity contribution < 1.29 is 13.5 Å². The molecule has 2 rings (SSSR count). The van der Waals surface area contributed by atoms with E-state index in [0.29, 0.717) is 5.56 Å². The van der Waals surface area contributed by atoms with Crippen molar-refractivity contribution >= 4 is 21.6 Å². The summed E-state index contributed by atoms with van der Waals surface area (Å²) in [6, 6.07) is 13.2. The van der Waals surface area contributed by atoms with Gasteiger partial charge in [0.25, 0.3) is 0 Å². The summed E-state index contributed by atoms with van der Waals surface area (Å²) in [6.45, 7) is 0.186. The second kappa shape index (κ2) is 6.26. The number of nitrogens with one attached hydrogen (secondary N) is 1. The van der Waals surface area contributed by atoms with Crippen molar-refractivity contribution in [3.8, 4) is 16.9 Å². The minimum Gasteiger partial charge on any atom is -0.507 e. The van der Waals surface area contributed by atoms with Crippen molar-refractivity contribution in [3.05, 3.63) is 48.5 Å². The molecule has 0 aliphatic carbocycles. The number of phenolic OH excluding ortho intramolecular Hbond substituents is 1. The Hall–Kier alpha value is -1.56. The van der Waals surface area contributed by atoms with Crippen LogP contribution in [0.15, 0.2) is 53.4 Å². The lowest BCUT2D eigenvalue weighted by molar-refractivity contribution is 0.477. The molecule has 0 unspecified atom stereocenters. The van der Waals surface area contributed by atoms with Crippen LogP contribution in [0, 0.1) is 0 Å². The number of benzene rings is 2. The largest absolute Gasteiger partial charge is 0.507 e. The van der Waals surface area contributed by atoms with Crippen molar-refractivity contribution in [1.82, 2.24) is 4.72 Å². The molecule has 0 atom stereocenters. The zero-order valence-electron chi connectivity index (χ0n) is 10.6. The number of hydrogen-bond donors (Lipinski definition) is 2. The van der Waals surface area contributed by atoms with E-state index in [9.17, 15) is 13.5 Å². The van der Waals surface area contributed by atoms with Crippen molar-refractivity contribution in [2.45, 2.75) is 4.90 Å². The van der Waals surface area contributed by atoms with Crippen LogP contribution >= 0.6 is 11.6 Å². The van der Waals surface area contributed by atoms with Crippen LogP contribution in [0.5, 0.6) is 5.75 Å². The minimum absolute atomic E-state index is 0.156. The van der Waals surface area contributed by atoms with E-state index in [1.807, 2.05) is 6.07 Å². The van der Waals surface area contributed by atoms with E-state index in [2.05, 4.69) is 4.72 Å². The Kier molecular flexibility index (Phi) is 4.65. The smallest absolute Gasteiger partial charge is 0.240 e. The van der Waals surface area contributed by atoms with Crippen LogP contribution in [0.2, 0.25) is 0 Å². The third-order valence-electron chi connectivity index (χ3n) is 2.77. The molecule has 4 nitrogen and oxygen atoms in total. The molecule has 2 N–H and O–H groups in total. The normalized spacial score (nSPS) is 11.4. The van der Waals surface area contributed by atoms with Gasteiger partial charge in [0.2, 0.25) is 10.0 Å². The van der Waals surface area contributed by atoms with Gasteiger partial charge in [-0.1, -0.05) is 30.3 Å². The quantitative estimate of drug-likeness (QED) is 0.834. The van der Waals surface area contributed by atoms with Gasteiger partial charge in [-0.3, -0.25) is 0 Å². The van der Waals surface area contributed by atoms with E-state index < -0.39 is 10.0 Å². The molecule has 0 fully saturated rings. The molecule has 0 bridgehead atoms. The van der Waals surface area contributed by atoms with Crippen LogP contribution in [0.1, 0.15) is 0 Å². The number of aromatic hydroxyl groups is 1. The molecule has 2 aromatic rings. The van der Waals surface area contributed by atoms with Gasteiger partial charge in [0.15, 0.2) is 0 Å². The number of sulfonamides is 1. The summed E-state index contributed by atoms with van der Waals surface area (Å²) in [5.41, 5.74) is 1.41. The zero-order valence-corrected chi connectivity index (χ0v) is 12.2. The molecule has 0 aromatic heterocycles. The van der Waals surface area contributed by atoms with Crippen LogP contribution in [-0.2, 0) is 10.0 Å². The fraction of sp³-hybridized carbons (Fsp3) is 0.143. The van der Waals surface area contributed by atoms with Crippen LogP contribution in [0.4, 0.5) is 0 Å². The first-order valence-electron chi connectivity index (χ1n) is 5.98. The summed E-state index contributed by atoms with van der Waals surface area (Å²) in [5.74, 6) is 0.373. The van der Waals surface area contributed by atoms with E-state index >= 15 is 0 Å². The van der Waals surface area contributed by atoms with Crippen molar-refractivity contribution in [2.24, 2.45) is 0 Å². The average Bonchev–Trinajstić information content (AvgIpc) is 2.46. The van der Waals surface area contributed by atoms with Gasteiger partial charge in [-0.15, -0.1) is 11.6 Å². The van der Waals surface area contributed by atoms with Crippen molar-refractivity contribution in [3.63, 3.8) is 0 Å². The van der Waals surface area contributed by atoms with Crippen molar-refractivity contribution in [2.75, 3.05) is 12.4 Å². The number of alkyl halides is 1. The Morgan fingerprint density at radius 1 is 1.05 bits per heavy atom. The SMILES string of the molecule is O=S(=O)(NCCCl)c1ccc(-c2ccccc2O)cc1. The van der Waals surface area contributed by atoms with Gasteiger partial charge in [-0.05, 0) is 23.8 Å². The fourth-order valence-corrected chi connectivity index (χ4v) is 3.03. The maximum Gasteiger partial charge on any atom is 0.240 e. The molecule has 0 aliphatic heterocycles. The Labute approximate surface area is 123 Å². The Morgan fingerprint density at radius 2 is 1.70 bits per heavy atom. The lowest BCUT2D eigenvalue weighted by atomic mass is 10.1. The Bertz CT molecular complexity index is 684. The Morgan fingerprint density at radius 3 is 2.30 bits per heavy atom. The summed E-state index contributed by atoms with van der Waals surface area (Å²) in [7, 11) is -3.53. The molecule has 0 aliphatic rings. The van der Waals surface area contributed by atoms with Gasteiger partial charge < -0.3 is 5.11 Å². The van der Waals surface area contributed by atoms with Crippen molar-refractivity contribution in [1.29, 1.82) is 0 Å². The number of para-hydroxylation sites is 1. The molecule has 0 saturated heterocycles. The predicted molar refractivity (Wildman–Crippen MR) is 79.5 cm³/mol. The highest BCUT2D eigenvalue weighted by Crippen LogP contribution is 2.29. The molecule has 0 amide bonds. The first-order chi connectivity index (χ1) is 9.54. The van der Waals surface area contributed by atoms with E-state index in [-0.39, 0.29) is 23.1 Å². The van der Waals surface area contributed by atoms with Gasteiger partial charge in [-0.25, -0.2) is 13.1 Å². The van der Waals surface area contributed by atoms with Crippen LogP contribution in [0.25, 0.3) is 11.1 Å². The van der Waals surface area contributed by atoms with E-state index in [4.69, 9.17) is 11.6 Å². The minimum atomic E-state index is -3.53. The van der Waals surface area contributed by atoms with Crippen LogP contribution in [-0.4, -0.2) is 25.9 Å². The second-order valence-corrected chi connectivity index (χ2v) is 6.27. The Balaban J connectivity index is 2.29. The number of halogens is 1. The molecule has 0 spiro atoms. The summed E-state index contributed by atoms with van der Waals surface area (Å²) >= 11 is 5.46. The van der Waals surface area contributed by atoms with E-state index in [1.54, 1.807) is 30.3 Å².